The Bertz CT molecular complexity index is 976. The molecule has 5 nitrogen and oxygen atoms in total. The SMILES string of the molecule is CCOC(=O)CC[C@H]1CCCN1c1cnc(-c2ccccc2)c(-c2ccccc2)n1. The third-order valence-electron chi connectivity index (χ3n) is 5.51. The number of ether oxygens (including phenoxy) is 1. The van der Waals surface area contributed by atoms with E-state index in [9.17, 15) is 4.79 Å². The van der Waals surface area contributed by atoms with Gasteiger partial charge in [0.25, 0.3) is 0 Å². The van der Waals surface area contributed by atoms with Crippen molar-refractivity contribution in [3.63, 3.8) is 0 Å². The van der Waals surface area contributed by atoms with E-state index in [0.717, 1.165) is 54.1 Å². The molecule has 0 amide bonds. The average molecular weight is 402 g/mol. The number of rotatable bonds is 7. The van der Waals surface area contributed by atoms with Gasteiger partial charge in [-0.2, -0.15) is 0 Å². The van der Waals surface area contributed by atoms with Crippen molar-refractivity contribution in [1.82, 2.24) is 9.97 Å². The first-order valence-electron chi connectivity index (χ1n) is 10.7. The molecule has 1 aliphatic rings. The van der Waals surface area contributed by atoms with Crippen LogP contribution >= 0.6 is 0 Å². The topological polar surface area (TPSA) is 55.3 Å². The number of anilines is 1. The molecule has 0 bridgehead atoms. The van der Waals surface area contributed by atoms with Crippen LogP contribution in [0.15, 0.2) is 66.9 Å². The molecule has 1 saturated heterocycles. The number of esters is 1. The Hall–Kier alpha value is -3.21. The minimum Gasteiger partial charge on any atom is -0.466 e. The lowest BCUT2D eigenvalue weighted by molar-refractivity contribution is -0.143. The first kappa shape index (κ1) is 20.1. The number of benzene rings is 2. The fourth-order valence-electron chi connectivity index (χ4n) is 4.08. The molecular formula is C25H27N3O2. The summed E-state index contributed by atoms with van der Waals surface area (Å²) in [6, 6.07) is 20.7. The number of carbonyl (C=O) groups is 1. The molecule has 0 N–H and O–H groups in total. The quantitative estimate of drug-likeness (QED) is 0.514. The molecule has 30 heavy (non-hydrogen) atoms. The Morgan fingerprint density at radius 3 is 2.37 bits per heavy atom. The smallest absolute Gasteiger partial charge is 0.305 e. The van der Waals surface area contributed by atoms with Gasteiger partial charge in [0.2, 0.25) is 0 Å². The van der Waals surface area contributed by atoms with Gasteiger partial charge in [-0.1, -0.05) is 60.7 Å². The van der Waals surface area contributed by atoms with Crippen LogP contribution in [0.3, 0.4) is 0 Å². The Balaban J connectivity index is 1.65. The van der Waals surface area contributed by atoms with Crippen LogP contribution in [0, 0.1) is 0 Å². The second kappa shape index (κ2) is 9.53. The molecule has 0 aliphatic carbocycles. The van der Waals surface area contributed by atoms with Gasteiger partial charge < -0.3 is 9.64 Å². The van der Waals surface area contributed by atoms with E-state index in [1.165, 1.54) is 0 Å². The van der Waals surface area contributed by atoms with Crippen LogP contribution in [0.25, 0.3) is 22.5 Å². The lowest BCUT2D eigenvalue weighted by atomic mass is 10.0. The Morgan fingerprint density at radius 1 is 1.03 bits per heavy atom. The fraction of sp³-hybridized carbons (Fsp3) is 0.320. The van der Waals surface area contributed by atoms with Crippen LogP contribution in [0.4, 0.5) is 5.82 Å². The van der Waals surface area contributed by atoms with Gasteiger partial charge >= 0.3 is 5.97 Å². The molecule has 3 aromatic rings. The van der Waals surface area contributed by atoms with Crippen molar-refractivity contribution in [3.05, 3.63) is 66.9 Å². The third-order valence-corrected chi connectivity index (χ3v) is 5.51. The second-order valence-corrected chi connectivity index (χ2v) is 7.49. The third kappa shape index (κ3) is 4.51. The molecule has 4 rings (SSSR count). The maximum absolute atomic E-state index is 11.8. The van der Waals surface area contributed by atoms with Gasteiger partial charge in [-0.05, 0) is 26.2 Å². The van der Waals surface area contributed by atoms with E-state index < -0.39 is 0 Å². The number of carbonyl (C=O) groups excluding carboxylic acids is 1. The summed E-state index contributed by atoms with van der Waals surface area (Å²) in [4.78, 5) is 24.0. The van der Waals surface area contributed by atoms with Crippen molar-refractivity contribution in [3.8, 4) is 22.5 Å². The maximum atomic E-state index is 11.8. The molecule has 5 heteroatoms. The summed E-state index contributed by atoms with van der Waals surface area (Å²) in [7, 11) is 0. The van der Waals surface area contributed by atoms with Crippen molar-refractivity contribution >= 4 is 11.8 Å². The number of aromatic nitrogens is 2. The highest BCUT2D eigenvalue weighted by molar-refractivity contribution is 5.78. The van der Waals surface area contributed by atoms with E-state index in [1.807, 2.05) is 49.5 Å². The molecule has 1 aromatic heterocycles. The van der Waals surface area contributed by atoms with Gasteiger partial charge in [0.05, 0.1) is 24.2 Å². The lowest BCUT2D eigenvalue weighted by Gasteiger charge is -2.26. The minimum atomic E-state index is -0.125. The second-order valence-electron chi connectivity index (χ2n) is 7.49. The largest absolute Gasteiger partial charge is 0.466 e. The van der Waals surface area contributed by atoms with Crippen LogP contribution in [0.1, 0.15) is 32.6 Å². The summed E-state index contributed by atoms with van der Waals surface area (Å²) in [5.74, 6) is 0.750. The fourth-order valence-corrected chi connectivity index (χ4v) is 4.08. The molecule has 0 spiro atoms. The Kier molecular flexibility index (Phi) is 6.38. The highest BCUT2D eigenvalue weighted by Gasteiger charge is 2.27. The molecule has 1 fully saturated rings. The first-order chi connectivity index (χ1) is 14.8. The summed E-state index contributed by atoms with van der Waals surface area (Å²) in [5.41, 5.74) is 3.87. The number of hydrogen-bond donors (Lipinski definition) is 0. The van der Waals surface area contributed by atoms with Gasteiger partial charge in [-0.25, -0.2) is 4.98 Å². The Morgan fingerprint density at radius 2 is 1.70 bits per heavy atom. The monoisotopic (exact) mass is 401 g/mol. The average Bonchev–Trinajstić information content (AvgIpc) is 3.27. The van der Waals surface area contributed by atoms with E-state index in [2.05, 4.69) is 29.2 Å². The van der Waals surface area contributed by atoms with Crippen molar-refractivity contribution in [2.75, 3.05) is 18.1 Å². The van der Waals surface area contributed by atoms with Gasteiger partial charge in [0, 0.05) is 30.1 Å². The molecular weight excluding hydrogens is 374 g/mol. The van der Waals surface area contributed by atoms with E-state index in [4.69, 9.17) is 14.7 Å². The molecule has 0 unspecified atom stereocenters. The molecule has 154 valence electrons. The van der Waals surface area contributed by atoms with E-state index >= 15 is 0 Å². The van der Waals surface area contributed by atoms with E-state index in [1.54, 1.807) is 0 Å². The predicted molar refractivity (Wildman–Crippen MR) is 119 cm³/mol. The summed E-state index contributed by atoms with van der Waals surface area (Å²) in [5, 5.41) is 0. The normalized spacial score (nSPS) is 15.9. The molecule has 0 radical (unpaired) electrons. The minimum absolute atomic E-state index is 0.125. The van der Waals surface area contributed by atoms with Gasteiger partial charge in [-0.3, -0.25) is 9.78 Å². The zero-order valence-corrected chi connectivity index (χ0v) is 17.3. The van der Waals surface area contributed by atoms with Crippen LogP contribution in [0.5, 0.6) is 0 Å². The highest BCUT2D eigenvalue weighted by atomic mass is 16.5. The first-order valence-corrected chi connectivity index (χ1v) is 10.7. The van der Waals surface area contributed by atoms with Gasteiger partial charge in [-0.15, -0.1) is 0 Å². The summed E-state index contributed by atoms with van der Waals surface area (Å²) in [6.45, 7) is 3.20. The molecule has 1 atom stereocenters. The van der Waals surface area contributed by atoms with Crippen LogP contribution in [0.2, 0.25) is 0 Å². The maximum Gasteiger partial charge on any atom is 0.305 e. The predicted octanol–water partition coefficient (Wildman–Crippen LogP) is 5.12. The summed E-state index contributed by atoms with van der Waals surface area (Å²) < 4.78 is 5.10. The number of hydrogen-bond acceptors (Lipinski definition) is 5. The van der Waals surface area contributed by atoms with Gasteiger partial charge in [0.1, 0.15) is 5.82 Å². The number of nitrogens with zero attached hydrogens (tertiary/aromatic N) is 3. The zero-order valence-electron chi connectivity index (χ0n) is 17.3. The van der Waals surface area contributed by atoms with Crippen molar-refractivity contribution in [2.24, 2.45) is 0 Å². The van der Waals surface area contributed by atoms with Crippen LogP contribution in [-0.2, 0) is 9.53 Å². The standard InChI is InChI=1S/C25H27N3O2/c1-2-30-23(29)16-15-21-14-9-17-28(21)22-18-26-24(19-10-5-3-6-11-19)25(27-22)20-12-7-4-8-13-20/h3-8,10-13,18,21H,2,9,14-17H2,1H3/t21-/m1/s1. The Labute approximate surface area is 177 Å². The molecule has 2 heterocycles. The van der Waals surface area contributed by atoms with E-state index in [-0.39, 0.29) is 12.0 Å². The van der Waals surface area contributed by atoms with E-state index in [0.29, 0.717) is 13.0 Å². The van der Waals surface area contributed by atoms with Crippen molar-refractivity contribution in [2.45, 2.75) is 38.6 Å². The summed E-state index contributed by atoms with van der Waals surface area (Å²) in [6.07, 6.45) is 5.24. The summed E-state index contributed by atoms with van der Waals surface area (Å²) >= 11 is 0. The highest BCUT2D eigenvalue weighted by Crippen LogP contribution is 2.33. The lowest BCUT2D eigenvalue weighted by Crippen LogP contribution is -2.31. The van der Waals surface area contributed by atoms with Gasteiger partial charge in [0.15, 0.2) is 0 Å². The van der Waals surface area contributed by atoms with Crippen LogP contribution < -0.4 is 4.90 Å². The van der Waals surface area contributed by atoms with Crippen LogP contribution in [-0.4, -0.2) is 35.1 Å². The molecule has 1 aliphatic heterocycles. The molecule has 0 saturated carbocycles. The zero-order chi connectivity index (χ0) is 20.8. The van der Waals surface area contributed by atoms with Crippen molar-refractivity contribution < 1.29 is 9.53 Å². The molecule has 2 aromatic carbocycles. The van der Waals surface area contributed by atoms with Crippen molar-refractivity contribution in [1.29, 1.82) is 0 Å².